The van der Waals surface area contributed by atoms with Gasteiger partial charge in [0.05, 0.1) is 16.9 Å². The first kappa shape index (κ1) is 21.5. The molecule has 1 amide bonds. The van der Waals surface area contributed by atoms with Gasteiger partial charge in [-0.15, -0.1) is 0 Å². The lowest BCUT2D eigenvalue weighted by Crippen LogP contribution is -2.46. The smallest absolute Gasteiger partial charge is 0.243 e. The van der Waals surface area contributed by atoms with Crippen LogP contribution in [0.25, 0.3) is 0 Å². The van der Waals surface area contributed by atoms with E-state index in [-0.39, 0.29) is 24.4 Å². The van der Waals surface area contributed by atoms with Crippen LogP contribution in [0, 0.1) is 26.7 Å². The number of aryl methyl sites for hydroxylation is 3. The minimum Gasteiger partial charge on any atom is -0.349 e. The third kappa shape index (κ3) is 4.70. The quantitative estimate of drug-likeness (QED) is 0.807. The summed E-state index contributed by atoms with van der Waals surface area (Å²) in [5.41, 5.74) is 3.59. The summed E-state index contributed by atoms with van der Waals surface area (Å²) in [7, 11) is -3.63. The Morgan fingerprint density at radius 1 is 1.10 bits per heavy atom. The van der Waals surface area contributed by atoms with Gasteiger partial charge in [0, 0.05) is 13.1 Å². The van der Waals surface area contributed by atoms with E-state index in [0.717, 1.165) is 22.3 Å². The van der Waals surface area contributed by atoms with Gasteiger partial charge < -0.3 is 5.32 Å². The van der Waals surface area contributed by atoms with Crippen LogP contribution in [0.15, 0.2) is 47.4 Å². The Balaban J connectivity index is 1.76. The monoisotopic (exact) mass is 414 g/mol. The third-order valence-electron chi connectivity index (χ3n) is 5.62. The number of nitrogens with one attached hydrogen (secondary N) is 1. The van der Waals surface area contributed by atoms with Gasteiger partial charge in [0.2, 0.25) is 15.9 Å². The highest BCUT2D eigenvalue weighted by molar-refractivity contribution is 7.89. The van der Waals surface area contributed by atoms with E-state index in [1.54, 1.807) is 0 Å². The molecule has 0 radical (unpaired) electrons. The lowest BCUT2D eigenvalue weighted by atomic mass is 9.98. The molecule has 3 rings (SSSR count). The lowest BCUT2D eigenvalue weighted by Gasteiger charge is -2.32. The topological polar surface area (TPSA) is 66.5 Å². The predicted octanol–water partition coefficient (Wildman–Crippen LogP) is 3.89. The molecule has 1 N–H and O–H groups in total. The maximum Gasteiger partial charge on any atom is 0.243 e. The molecule has 156 valence electrons. The largest absolute Gasteiger partial charge is 0.349 e. The first-order valence-corrected chi connectivity index (χ1v) is 11.6. The van der Waals surface area contributed by atoms with Crippen molar-refractivity contribution < 1.29 is 13.2 Å². The molecule has 0 spiro atoms. The highest BCUT2D eigenvalue weighted by Gasteiger charge is 2.35. The van der Waals surface area contributed by atoms with Gasteiger partial charge in [-0.3, -0.25) is 4.79 Å². The molecule has 0 aromatic heterocycles. The van der Waals surface area contributed by atoms with Crippen LogP contribution in [0.1, 0.15) is 48.1 Å². The van der Waals surface area contributed by atoms with Gasteiger partial charge in [-0.1, -0.05) is 48.0 Å². The zero-order valence-electron chi connectivity index (χ0n) is 17.6. The van der Waals surface area contributed by atoms with E-state index < -0.39 is 10.0 Å². The van der Waals surface area contributed by atoms with Crippen LogP contribution in [-0.2, 0) is 14.8 Å². The van der Waals surface area contributed by atoms with Gasteiger partial charge in [-0.25, -0.2) is 8.42 Å². The van der Waals surface area contributed by atoms with E-state index in [1.165, 1.54) is 4.31 Å². The number of amides is 1. The van der Waals surface area contributed by atoms with Gasteiger partial charge >= 0.3 is 0 Å². The Labute approximate surface area is 174 Å². The third-order valence-corrected chi connectivity index (χ3v) is 7.79. The SMILES string of the molecule is Cc1cc(C)c(S(=O)(=O)N2CCC[C@H](C(=O)N[C@@H](C)c3ccccc3)C2)c(C)c1. The number of sulfonamides is 1. The Kier molecular flexibility index (Phi) is 6.44. The molecule has 1 aliphatic heterocycles. The Bertz CT molecular complexity index is 963. The Morgan fingerprint density at radius 3 is 2.34 bits per heavy atom. The summed E-state index contributed by atoms with van der Waals surface area (Å²) in [6, 6.07) is 13.5. The molecule has 1 aliphatic rings. The van der Waals surface area contributed by atoms with Gasteiger partial charge in [-0.2, -0.15) is 4.31 Å². The van der Waals surface area contributed by atoms with Crippen LogP contribution >= 0.6 is 0 Å². The molecule has 0 bridgehead atoms. The molecule has 2 aromatic rings. The van der Waals surface area contributed by atoms with Crippen LogP contribution in [0.2, 0.25) is 0 Å². The van der Waals surface area contributed by atoms with Crippen LogP contribution in [-0.4, -0.2) is 31.7 Å². The summed E-state index contributed by atoms with van der Waals surface area (Å²) in [6.07, 6.45) is 1.38. The molecular weight excluding hydrogens is 384 g/mol. The maximum absolute atomic E-state index is 13.3. The number of rotatable bonds is 5. The van der Waals surface area contributed by atoms with E-state index in [9.17, 15) is 13.2 Å². The standard InChI is InChI=1S/C23H30N2O3S/c1-16-13-17(2)22(18(3)14-16)29(27,28)25-12-8-11-21(15-25)23(26)24-19(4)20-9-6-5-7-10-20/h5-7,9-10,13-14,19,21H,8,11-12,15H2,1-4H3,(H,24,26)/t19-,21-/m0/s1. The van der Waals surface area contributed by atoms with Crippen molar-refractivity contribution in [2.45, 2.75) is 51.5 Å². The molecule has 1 saturated heterocycles. The van der Waals surface area contributed by atoms with Crippen molar-refractivity contribution in [1.29, 1.82) is 0 Å². The zero-order chi connectivity index (χ0) is 21.2. The normalized spacial score (nSPS) is 19.0. The predicted molar refractivity (Wildman–Crippen MR) is 115 cm³/mol. The number of hydrogen-bond donors (Lipinski definition) is 1. The second-order valence-corrected chi connectivity index (χ2v) is 9.95. The molecule has 0 aliphatic carbocycles. The fourth-order valence-corrected chi connectivity index (χ4v) is 6.17. The fourth-order valence-electron chi connectivity index (χ4n) is 4.23. The van der Waals surface area contributed by atoms with Crippen molar-refractivity contribution in [3.63, 3.8) is 0 Å². The van der Waals surface area contributed by atoms with Gasteiger partial charge in [0.25, 0.3) is 0 Å². The van der Waals surface area contributed by atoms with E-state index in [4.69, 9.17) is 0 Å². The highest BCUT2D eigenvalue weighted by Crippen LogP contribution is 2.29. The average molecular weight is 415 g/mol. The summed E-state index contributed by atoms with van der Waals surface area (Å²) < 4.78 is 28.2. The van der Waals surface area contributed by atoms with Crippen molar-refractivity contribution in [2.24, 2.45) is 5.92 Å². The lowest BCUT2D eigenvalue weighted by molar-refractivity contribution is -0.126. The van der Waals surface area contributed by atoms with E-state index in [0.29, 0.717) is 24.3 Å². The average Bonchev–Trinajstić information content (AvgIpc) is 2.67. The molecule has 5 nitrogen and oxygen atoms in total. The molecule has 29 heavy (non-hydrogen) atoms. The van der Waals surface area contributed by atoms with Crippen LogP contribution in [0.5, 0.6) is 0 Å². The zero-order valence-corrected chi connectivity index (χ0v) is 18.4. The molecule has 0 unspecified atom stereocenters. The molecule has 0 saturated carbocycles. The number of piperidine rings is 1. The summed E-state index contributed by atoms with van der Waals surface area (Å²) in [5.74, 6) is -0.422. The molecule has 1 heterocycles. The summed E-state index contributed by atoms with van der Waals surface area (Å²) >= 11 is 0. The molecular formula is C23H30N2O3S. The molecule has 2 aromatic carbocycles. The Morgan fingerprint density at radius 2 is 1.72 bits per heavy atom. The molecule has 6 heteroatoms. The first-order valence-electron chi connectivity index (χ1n) is 10.1. The molecule has 2 atom stereocenters. The van der Waals surface area contributed by atoms with Gasteiger partial charge in [-0.05, 0) is 57.2 Å². The van der Waals surface area contributed by atoms with Gasteiger partial charge in [0.15, 0.2) is 0 Å². The number of benzene rings is 2. The van der Waals surface area contributed by atoms with E-state index in [2.05, 4.69) is 5.32 Å². The van der Waals surface area contributed by atoms with E-state index in [1.807, 2.05) is 70.2 Å². The minimum atomic E-state index is -3.63. The Hall–Kier alpha value is -2.18. The second kappa shape index (κ2) is 8.67. The van der Waals surface area contributed by atoms with Crippen molar-refractivity contribution in [3.8, 4) is 0 Å². The number of nitrogens with zero attached hydrogens (tertiary/aromatic N) is 1. The van der Waals surface area contributed by atoms with Crippen molar-refractivity contribution in [2.75, 3.05) is 13.1 Å². The van der Waals surface area contributed by atoms with E-state index >= 15 is 0 Å². The number of carbonyl (C=O) groups excluding carboxylic acids is 1. The van der Waals surface area contributed by atoms with Crippen LogP contribution in [0.3, 0.4) is 0 Å². The summed E-state index contributed by atoms with van der Waals surface area (Å²) in [4.78, 5) is 13.2. The van der Waals surface area contributed by atoms with Crippen molar-refractivity contribution in [1.82, 2.24) is 9.62 Å². The van der Waals surface area contributed by atoms with Crippen molar-refractivity contribution in [3.05, 3.63) is 64.7 Å². The molecule has 1 fully saturated rings. The van der Waals surface area contributed by atoms with Crippen LogP contribution in [0.4, 0.5) is 0 Å². The first-order chi connectivity index (χ1) is 13.7. The van der Waals surface area contributed by atoms with Crippen LogP contribution < -0.4 is 5.32 Å². The van der Waals surface area contributed by atoms with Gasteiger partial charge in [0.1, 0.15) is 0 Å². The summed E-state index contributed by atoms with van der Waals surface area (Å²) in [5, 5.41) is 3.05. The fraction of sp³-hybridized carbons (Fsp3) is 0.435. The highest BCUT2D eigenvalue weighted by atomic mass is 32.2. The second-order valence-electron chi connectivity index (χ2n) is 8.07. The maximum atomic E-state index is 13.3. The summed E-state index contributed by atoms with van der Waals surface area (Å²) in [6.45, 7) is 8.26. The van der Waals surface area contributed by atoms with Crippen molar-refractivity contribution >= 4 is 15.9 Å². The number of carbonyl (C=O) groups is 1. The minimum absolute atomic E-state index is 0.0846. The number of hydrogen-bond acceptors (Lipinski definition) is 3.